The molecule has 2 aliphatic rings. The first-order chi connectivity index (χ1) is 16.2. The summed E-state index contributed by atoms with van der Waals surface area (Å²) in [6.07, 6.45) is 7.24. The van der Waals surface area contributed by atoms with Crippen molar-refractivity contribution in [3.63, 3.8) is 0 Å². The second kappa shape index (κ2) is 7.89. The van der Waals surface area contributed by atoms with E-state index in [1.54, 1.807) is 5.01 Å². The van der Waals surface area contributed by atoms with Crippen molar-refractivity contribution in [1.29, 1.82) is 0 Å². The summed E-state index contributed by atoms with van der Waals surface area (Å²) >= 11 is 0. The minimum atomic E-state index is -0.885. The lowest BCUT2D eigenvalue weighted by molar-refractivity contribution is -0.137. The molecule has 0 saturated carbocycles. The van der Waals surface area contributed by atoms with E-state index in [1.165, 1.54) is 32.7 Å². The van der Waals surface area contributed by atoms with E-state index in [1.807, 2.05) is 24.3 Å². The van der Waals surface area contributed by atoms with Gasteiger partial charge in [0.2, 0.25) is 0 Å². The molecular formula is C29H24N2O2. The summed E-state index contributed by atoms with van der Waals surface area (Å²) in [6, 6.07) is 25.3. The topological polar surface area (TPSA) is 52.9 Å². The van der Waals surface area contributed by atoms with E-state index in [9.17, 15) is 9.90 Å². The highest BCUT2D eigenvalue weighted by Gasteiger charge is 2.30. The molecule has 1 aliphatic carbocycles. The average molecular weight is 433 g/mol. The zero-order chi connectivity index (χ0) is 22.4. The first-order valence-electron chi connectivity index (χ1n) is 11.5. The largest absolute Gasteiger partial charge is 0.480 e. The SMILES string of the molecule is O=C(O)CN1N=c2ccccc2=CC=C1C1CCCc2ccc3c(ccc4ccccc43)c21. The molecule has 1 unspecified atom stereocenters. The fourth-order valence-corrected chi connectivity index (χ4v) is 5.44. The fraction of sp³-hybridized carbons (Fsp3) is 0.172. The molecule has 0 fully saturated rings. The van der Waals surface area contributed by atoms with Crippen LogP contribution in [0.5, 0.6) is 0 Å². The Morgan fingerprint density at radius 2 is 1.73 bits per heavy atom. The normalized spacial score (nSPS) is 17.4. The third-order valence-corrected chi connectivity index (χ3v) is 6.88. The summed E-state index contributed by atoms with van der Waals surface area (Å²) in [7, 11) is 0. The van der Waals surface area contributed by atoms with Crippen LogP contribution in [0.4, 0.5) is 0 Å². The molecule has 0 saturated heterocycles. The molecule has 4 nitrogen and oxygen atoms in total. The average Bonchev–Trinajstić information content (AvgIpc) is 3.02. The van der Waals surface area contributed by atoms with Crippen LogP contribution in [0.15, 0.2) is 89.7 Å². The van der Waals surface area contributed by atoms with Crippen LogP contribution in [0.2, 0.25) is 0 Å². The van der Waals surface area contributed by atoms with Crippen LogP contribution in [0.1, 0.15) is 29.9 Å². The number of hydrogen-bond donors (Lipinski definition) is 1. The van der Waals surface area contributed by atoms with Gasteiger partial charge >= 0.3 is 5.97 Å². The van der Waals surface area contributed by atoms with E-state index in [0.717, 1.165) is 35.5 Å². The van der Waals surface area contributed by atoms with Gasteiger partial charge < -0.3 is 5.11 Å². The van der Waals surface area contributed by atoms with Crippen LogP contribution in [0.25, 0.3) is 27.6 Å². The summed E-state index contributed by atoms with van der Waals surface area (Å²) in [4.78, 5) is 11.8. The Morgan fingerprint density at radius 1 is 0.909 bits per heavy atom. The highest BCUT2D eigenvalue weighted by atomic mass is 16.4. The van der Waals surface area contributed by atoms with Gasteiger partial charge in [0.05, 0.1) is 5.36 Å². The predicted molar refractivity (Wildman–Crippen MR) is 131 cm³/mol. The zero-order valence-electron chi connectivity index (χ0n) is 18.2. The van der Waals surface area contributed by atoms with Crippen molar-refractivity contribution in [3.8, 4) is 0 Å². The molecule has 4 aromatic carbocycles. The number of nitrogens with zero attached hydrogens (tertiary/aromatic N) is 2. The maximum absolute atomic E-state index is 11.8. The smallest absolute Gasteiger partial charge is 0.325 e. The third-order valence-electron chi connectivity index (χ3n) is 6.88. The van der Waals surface area contributed by atoms with Crippen molar-refractivity contribution in [2.45, 2.75) is 25.2 Å². The van der Waals surface area contributed by atoms with Crippen LogP contribution in [0, 0.1) is 0 Å². The van der Waals surface area contributed by atoms with Gasteiger partial charge in [0, 0.05) is 16.8 Å². The predicted octanol–water partition coefficient (Wildman–Crippen LogP) is 4.71. The molecule has 1 heterocycles. The van der Waals surface area contributed by atoms with Gasteiger partial charge in [0.15, 0.2) is 0 Å². The Labute approximate surface area is 191 Å². The Bertz CT molecular complexity index is 1570. The van der Waals surface area contributed by atoms with E-state index in [0.29, 0.717) is 0 Å². The molecule has 0 bridgehead atoms. The van der Waals surface area contributed by atoms with Crippen molar-refractivity contribution in [3.05, 3.63) is 106 Å². The number of fused-ring (bicyclic) bond motifs is 6. The van der Waals surface area contributed by atoms with Gasteiger partial charge in [-0.15, -0.1) is 0 Å². The van der Waals surface area contributed by atoms with Crippen molar-refractivity contribution in [2.24, 2.45) is 5.10 Å². The summed E-state index contributed by atoms with van der Waals surface area (Å²) in [5, 5.41) is 23.0. The molecule has 1 atom stereocenters. The van der Waals surface area contributed by atoms with E-state index < -0.39 is 5.97 Å². The molecule has 0 aromatic heterocycles. The van der Waals surface area contributed by atoms with Gasteiger partial charge in [0.1, 0.15) is 6.54 Å². The molecule has 0 radical (unpaired) electrons. The molecule has 4 aromatic rings. The molecule has 0 amide bonds. The maximum Gasteiger partial charge on any atom is 0.325 e. The summed E-state index contributed by atoms with van der Waals surface area (Å²) in [5.41, 5.74) is 3.63. The second-order valence-corrected chi connectivity index (χ2v) is 8.83. The Hall–Kier alpha value is -3.92. The maximum atomic E-state index is 11.8. The Balaban J connectivity index is 1.58. The third kappa shape index (κ3) is 3.39. The van der Waals surface area contributed by atoms with E-state index in [-0.39, 0.29) is 12.5 Å². The molecule has 1 N–H and O–H groups in total. The minimum absolute atomic E-state index is 0.0901. The number of carboxylic acids is 1. The number of carboxylic acid groups (broad SMARTS) is 1. The van der Waals surface area contributed by atoms with Crippen molar-refractivity contribution >= 4 is 33.6 Å². The molecule has 162 valence electrons. The van der Waals surface area contributed by atoms with Crippen LogP contribution in [0.3, 0.4) is 0 Å². The highest BCUT2D eigenvalue weighted by Crippen LogP contribution is 2.43. The monoisotopic (exact) mass is 432 g/mol. The van der Waals surface area contributed by atoms with Gasteiger partial charge in [-0.05, 0) is 64.1 Å². The number of rotatable bonds is 3. The summed E-state index contributed by atoms with van der Waals surface area (Å²) in [5.74, 6) is -0.795. The summed E-state index contributed by atoms with van der Waals surface area (Å²) in [6.45, 7) is -0.159. The fourth-order valence-electron chi connectivity index (χ4n) is 5.44. The van der Waals surface area contributed by atoms with Gasteiger partial charge in [0.25, 0.3) is 0 Å². The van der Waals surface area contributed by atoms with Crippen LogP contribution in [-0.2, 0) is 11.2 Å². The van der Waals surface area contributed by atoms with E-state index >= 15 is 0 Å². The number of aliphatic carboxylic acids is 1. The van der Waals surface area contributed by atoms with Crippen molar-refractivity contribution in [2.75, 3.05) is 6.54 Å². The van der Waals surface area contributed by atoms with Gasteiger partial charge in [-0.1, -0.05) is 72.8 Å². The minimum Gasteiger partial charge on any atom is -0.480 e. The molecule has 4 heteroatoms. The van der Waals surface area contributed by atoms with E-state index in [2.05, 4.69) is 60.7 Å². The molecule has 0 spiro atoms. The van der Waals surface area contributed by atoms with E-state index in [4.69, 9.17) is 5.10 Å². The number of aryl methyl sites for hydroxylation is 1. The van der Waals surface area contributed by atoms with Gasteiger partial charge in [-0.25, -0.2) is 0 Å². The lowest BCUT2D eigenvalue weighted by Gasteiger charge is -2.33. The second-order valence-electron chi connectivity index (χ2n) is 8.83. The lowest BCUT2D eigenvalue weighted by Crippen LogP contribution is -2.32. The first-order valence-corrected chi connectivity index (χ1v) is 11.5. The number of carbonyl (C=O) groups is 1. The van der Waals surface area contributed by atoms with Crippen molar-refractivity contribution in [1.82, 2.24) is 5.01 Å². The van der Waals surface area contributed by atoms with Gasteiger partial charge in [-0.2, -0.15) is 5.10 Å². The van der Waals surface area contributed by atoms with Crippen molar-refractivity contribution < 1.29 is 9.90 Å². The molecule has 33 heavy (non-hydrogen) atoms. The number of allylic oxidation sites excluding steroid dienone is 2. The quantitative estimate of drug-likeness (QED) is 0.477. The van der Waals surface area contributed by atoms with Gasteiger partial charge in [-0.3, -0.25) is 9.80 Å². The number of benzene rings is 4. The van der Waals surface area contributed by atoms with Crippen LogP contribution < -0.4 is 10.6 Å². The summed E-state index contributed by atoms with van der Waals surface area (Å²) < 4.78 is 0. The lowest BCUT2D eigenvalue weighted by atomic mass is 9.77. The number of hydrogen-bond acceptors (Lipinski definition) is 3. The Kier molecular flexibility index (Phi) is 4.72. The molecular weight excluding hydrogens is 408 g/mol. The standard InChI is InChI=1S/C29H24N2O2/c32-28(33)18-31-27(17-14-20-7-2-4-11-26(20)30-31)25-10-5-8-21-13-15-23-22-9-3-1-6-19(22)12-16-24(23)29(21)25/h1-4,6-7,9,11-17,25H,5,8,10,18H2,(H,32,33). The zero-order valence-corrected chi connectivity index (χ0v) is 18.2. The highest BCUT2D eigenvalue weighted by molar-refractivity contribution is 6.09. The van der Waals surface area contributed by atoms with Crippen LogP contribution in [-0.4, -0.2) is 22.6 Å². The molecule has 1 aliphatic heterocycles. The Morgan fingerprint density at radius 3 is 2.64 bits per heavy atom. The first kappa shape index (κ1) is 19.7. The van der Waals surface area contributed by atoms with Crippen LogP contribution >= 0.6 is 0 Å². The molecule has 6 rings (SSSR count).